The molecule has 0 bridgehead atoms. The number of hydrogen-bond donors (Lipinski definition) is 1. The van der Waals surface area contributed by atoms with Gasteiger partial charge in [0.2, 0.25) is 0 Å². The zero-order chi connectivity index (χ0) is 12.4. The number of morpholine rings is 1. The lowest BCUT2D eigenvalue weighted by molar-refractivity contribution is -0.0596. The molecule has 3 fully saturated rings. The van der Waals surface area contributed by atoms with E-state index in [1.807, 2.05) is 0 Å². The monoisotopic (exact) mass is 252 g/mol. The van der Waals surface area contributed by atoms with Crippen molar-refractivity contribution in [3.63, 3.8) is 0 Å². The van der Waals surface area contributed by atoms with Crippen molar-refractivity contribution in [3.05, 3.63) is 0 Å². The Bertz CT molecular complexity index is 265. The summed E-state index contributed by atoms with van der Waals surface area (Å²) >= 11 is 0. The highest BCUT2D eigenvalue weighted by Crippen LogP contribution is 2.32. The summed E-state index contributed by atoms with van der Waals surface area (Å²) in [5.74, 6) is 0.915. The molecule has 0 spiro atoms. The Morgan fingerprint density at radius 1 is 1.17 bits per heavy atom. The van der Waals surface area contributed by atoms with E-state index in [0.29, 0.717) is 12.1 Å². The van der Waals surface area contributed by atoms with Crippen LogP contribution >= 0.6 is 0 Å². The lowest BCUT2D eigenvalue weighted by Crippen LogP contribution is -2.54. The average Bonchev–Trinajstić information content (AvgIpc) is 3.06. The number of nitrogens with one attached hydrogen (secondary N) is 1. The summed E-state index contributed by atoms with van der Waals surface area (Å²) in [4.78, 5) is 2.72. The van der Waals surface area contributed by atoms with Crippen molar-refractivity contribution in [1.82, 2.24) is 10.2 Å². The molecule has 1 aliphatic heterocycles. The Morgan fingerprint density at radius 3 is 2.78 bits per heavy atom. The van der Waals surface area contributed by atoms with Crippen molar-refractivity contribution in [3.8, 4) is 0 Å². The molecule has 1 N–H and O–H groups in total. The van der Waals surface area contributed by atoms with Crippen LogP contribution in [0.3, 0.4) is 0 Å². The summed E-state index contributed by atoms with van der Waals surface area (Å²) in [7, 11) is 2.15. The van der Waals surface area contributed by atoms with E-state index in [4.69, 9.17) is 4.74 Å². The predicted octanol–water partition coefficient (Wildman–Crippen LogP) is 2.02. The second kappa shape index (κ2) is 5.89. The number of likely N-dealkylation sites (N-methyl/N-ethyl adjacent to an activating group) is 1. The number of hydrogen-bond acceptors (Lipinski definition) is 3. The standard InChI is InChI=1S/C15H28N2O/c1-16-13(12-5-2-3-6-12)11-17-9-10-18-15-8-4-7-14(15)17/h12-16H,2-11H2,1H3. The number of rotatable bonds is 4. The van der Waals surface area contributed by atoms with E-state index < -0.39 is 0 Å². The molecule has 0 amide bonds. The zero-order valence-electron chi connectivity index (χ0n) is 11.7. The van der Waals surface area contributed by atoms with Crippen LogP contribution in [0, 0.1) is 5.92 Å². The summed E-state index contributed by atoms with van der Waals surface area (Å²) < 4.78 is 5.91. The maximum atomic E-state index is 5.91. The topological polar surface area (TPSA) is 24.5 Å². The molecule has 3 nitrogen and oxygen atoms in total. The van der Waals surface area contributed by atoms with Crippen molar-refractivity contribution in [2.24, 2.45) is 5.92 Å². The minimum atomic E-state index is 0.542. The highest BCUT2D eigenvalue weighted by atomic mass is 16.5. The maximum Gasteiger partial charge on any atom is 0.0730 e. The molecule has 3 rings (SSSR count). The first-order valence-electron chi connectivity index (χ1n) is 7.91. The van der Waals surface area contributed by atoms with Crippen LogP contribution in [0.2, 0.25) is 0 Å². The molecule has 3 atom stereocenters. The van der Waals surface area contributed by atoms with Gasteiger partial charge in [0.05, 0.1) is 12.7 Å². The summed E-state index contributed by atoms with van der Waals surface area (Å²) in [5, 5.41) is 3.59. The summed E-state index contributed by atoms with van der Waals surface area (Å²) in [6.07, 6.45) is 10.3. The van der Waals surface area contributed by atoms with Crippen molar-refractivity contribution >= 4 is 0 Å². The van der Waals surface area contributed by atoms with E-state index in [9.17, 15) is 0 Å². The molecular weight excluding hydrogens is 224 g/mol. The normalized spacial score (nSPS) is 35.8. The van der Waals surface area contributed by atoms with Crippen molar-refractivity contribution in [2.45, 2.75) is 63.1 Å². The van der Waals surface area contributed by atoms with Gasteiger partial charge in [-0.05, 0) is 45.1 Å². The van der Waals surface area contributed by atoms with E-state index in [2.05, 4.69) is 17.3 Å². The third kappa shape index (κ3) is 2.59. The zero-order valence-corrected chi connectivity index (χ0v) is 11.7. The molecule has 18 heavy (non-hydrogen) atoms. The molecule has 0 aromatic carbocycles. The fourth-order valence-corrected chi connectivity index (χ4v) is 4.32. The molecule has 104 valence electrons. The highest BCUT2D eigenvalue weighted by molar-refractivity contribution is 4.92. The Labute approximate surface area is 111 Å². The van der Waals surface area contributed by atoms with Gasteiger partial charge in [-0.3, -0.25) is 4.90 Å². The molecule has 0 radical (unpaired) electrons. The lowest BCUT2D eigenvalue weighted by Gasteiger charge is -2.40. The fourth-order valence-electron chi connectivity index (χ4n) is 4.32. The maximum absolute atomic E-state index is 5.91. The first-order chi connectivity index (χ1) is 8.88. The van der Waals surface area contributed by atoms with Crippen LogP contribution in [0.1, 0.15) is 44.9 Å². The first-order valence-corrected chi connectivity index (χ1v) is 7.91. The number of nitrogens with zero attached hydrogens (tertiary/aromatic N) is 1. The average molecular weight is 252 g/mol. The second-order valence-corrected chi connectivity index (χ2v) is 6.34. The fraction of sp³-hybridized carbons (Fsp3) is 1.00. The molecule has 2 aliphatic carbocycles. The van der Waals surface area contributed by atoms with Gasteiger partial charge in [0.25, 0.3) is 0 Å². The summed E-state index contributed by atoms with van der Waals surface area (Å²) in [5.41, 5.74) is 0. The highest BCUT2D eigenvalue weighted by Gasteiger charge is 2.37. The SMILES string of the molecule is CNC(CN1CCOC2CCCC21)C1CCCC1. The van der Waals surface area contributed by atoms with Gasteiger partial charge in [0, 0.05) is 25.2 Å². The Balaban J connectivity index is 1.59. The predicted molar refractivity (Wildman–Crippen MR) is 73.8 cm³/mol. The van der Waals surface area contributed by atoms with Crippen LogP contribution in [0.25, 0.3) is 0 Å². The Hall–Kier alpha value is -0.120. The minimum absolute atomic E-state index is 0.542. The van der Waals surface area contributed by atoms with Gasteiger partial charge in [0.15, 0.2) is 0 Å². The van der Waals surface area contributed by atoms with Gasteiger partial charge in [-0.2, -0.15) is 0 Å². The molecule has 2 saturated carbocycles. The van der Waals surface area contributed by atoms with Crippen LogP contribution < -0.4 is 5.32 Å². The third-order valence-electron chi connectivity index (χ3n) is 5.37. The van der Waals surface area contributed by atoms with E-state index in [0.717, 1.165) is 25.1 Å². The van der Waals surface area contributed by atoms with Crippen molar-refractivity contribution in [1.29, 1.82) is 0 Å². The van der Waals surface area contributed by atoms with Gasteiger partial charge >= 0.3 is 0 Å². The van der Waals surface area contributed by atoms with Crippen LogP contribution in [-0.2, 0) is 4.74 Å². The first kappa shape index (κ1) is 12.9. The molecule has 0 aromatic heterocycles. The Morgan fingerprint density at radius 2 is 2.00 bits per heavy atom. The van der Waals surface area contributed by atoms with E-state index >= 15 is 0 Å². The summed E-state index contributed by atoms with van der Waals surface area (Å²) in [6, 6.07) is 1.42. The summed E-state index contributed by atoms with van der Waals surface area (Å²) in [6.45, 7) is 3.33. The minimum Gasteiger partial charge on any atom is -0.375 e. The quantitative estimate of drug-likeness (QED) is 0.828. The van der Waals surface area contributed by atoms with E-state index in [-0.39, 0.29) is 0 Å². The van der Waals surface area contributed by atoms with Crippen LogP contribution in [0.15, 0.2) is 0 Å². The van der Waals surface area contributed by atoms with E-state index in [1.54, 1.807) is 0 Å². The van der Waals surface area contributed by atoms with Crippen molar-refractivity contribution < 1.29 is 4.74 Å². The Kier molecular flexibility index (Phi) is 4.22. The molecule has 1 saturated heterocycles. The molecular formula is C15H28N2O. The third-order valence-corrected chi connectivity index (χ3v) is 5.37. The largest absolute Gasteiger partial charge is 0.375 e. The van der Waals surface area contributed by atoms with Crippen molar-refractivity contribution in [2.75, 3.05) is 26.7 Å². The van der Waals surface area contributed by atoms with Gasteiger partial charge in [-0.15, -0.1) is 0 Å². The van der Waals surface area contributed by atoms with Gasteiger partial charge in [-0.25, -0.2) is 0 Å². The van der Waals surface area contributed by atoms with Crippen LogP contribution in [0.5, 0.6) is 0 Å². The lowest BCUT2D eigenvalue weighted by atomic mass is 9.96. The van der Waals surface area contributed by atoms with Gasteiger partial charge < -0.3 is 10.1 Å². The van der Waals surface area contributed by atoms with Crippen LogP contribution in [-0.4, -0.2) is 49.8 Å². The van der Waals surface area contributed by atoms with Crippen LogP contribution in [0.4, 0.5) is 0 Å². The molecule has 1 heterocycles. The smallest absolute Gasteiger partial charge is 0.0730 e. The number of fused-ring (bicyclic) bond motifs is 1. The molecule has 0 aromatic rings. The number of ether oxygens (including phenoxy) is 1. The second-order valence-electron chi connectivity index (χ2n) is 6.34. The van der Waals surface area contributed by atoms with E-state index in [1.165, 1.54) is 51.5 Å². The molecule has 3 aliphatic rings. The molecule has 3 unspecified atom stereocenters. The molecule has 3 heteroatoms. The van der Waals surface area contributed by atoms with Gasteiger partial charge in [-0.1, -0.05) is 12.8 Å². The van der Waals surface area contributed by atoms with Gasteiger partial charge in [0.1, 0.15) is 0 Å².